The molecule has 1 N–H and O–H groups in total. The van der Waals surface area contributed by atoms with Crippen molar-refractivity contribution in [3.63, 3.8) is 0 Å². The molecular formula is C18H19Cl2N3O4S. The lowest BCUT2D eigenvalue weighted by Crippen LogP contribution is -2.39. The number of sulfonamides is 1. The van der Waals surface area contributed by atoms with E-state index in [4.69, 9.17) is 27.9 Å². The van der Waals surface area contributed by atoms with Crippen LogP contribution in [0.2, 0.25) is 10.0 Å². The normalized spacial score (nSPS) is 11.4. The standard InChI is InChI=1S/C18H19Cl2N3O4S/c1-3-27-15-7-4-13(5-8-15)11-21-22-18(24)12-23(28(2,25)26)14-6-9-16(19)17(20)10-14/h4-11H,3,12H2,1-2H3,(H,22,24)/b21-11-. The Bertz CT molecular complexity index is 963. The summed E-state index contributed by atoms with van der Waals surface area (Å²) >= 11 is 11.8. The van der Waals surface area contributed by atoms with Crippen molar-refractivity contribution in [1.29, 1.82) is 0 Å². The van der Waals surface area contributed by atoms with Gasteiger partial charge >= 0.3 is 0 Å². The molecule has 0 radical (unpaired) electrons. The summed E-state index contributed by atoms with van der Waals surface area (Å²) in [6.07, 6.45) is 2.43. The molecule has 0 atom stereocenters. The first-order valence-electron chi connectivity index (χ1n) is 8.18. The quantitative estimate of drug-likeness (QED) is 0.500. The Hall–Kier alpha value is -2.29. The number of nitrogens with zero attached hydrogens (tertiary/aromatic N) is 2. The fourth-order valence-corrected chi connectivity index (χ4v) is 3.34. The largest absolute Gasteiger partial charge is 0.494 e. The first kappa shape index (κ1) is 22.0. The van der Waals surface area contributed by atoms with Crippen LogP contribution in [-0.2, 0) is 14.8 Å². The van der Waals surface area contributed by atoms with Crippen molar-refractivity contribution < 1.29 is 17.9 Å². The van der Waals surface area contributed by atoms with Crippen LogP contribution < -0.4 is 14.5 Å². The van der Waals surface area contributed by atoms with Gasteiger partial charge in [0.2, 0.25) is 10.0 Å². The molecule has 0 saturated heterocycles. The SMILES string of the molecule is CCOc1ccc(/C=N\NC(=O)CN(c2ccc(Cl)c(Cl)c2)S(C)(=O)=O)cc1. The average molecular weight is 444 g/mol. The number of anilines is 1. The lowest BCUT2D eigenvalue weighted by molar-refractivity contribution is -0.119. The third-order valence-corrected chi connectivity index (χ3v) is 5.35. The summed E-state index contributed by atoms with van der Waals surface area (Å²) in [5.41, 5.74) is 3.27. The van der Waals surface area contributed by atoms with E-state index in [9.17, 15) is 13.2 Å². The fraction of sp³-hybridized carbons (Fsp3) is 0.222. The molecule has 2 aromatic carbocycles. The van der Waals surface area contributed by atoms with Crippen LogP contribution in [0.1, 0.15) is 12.5 Å². The van der Waals surface area contributed by atoms with Gasteiger partial charge in [0, 0.05) is 0 Å². The Labute approximate surface area is 173 Å². The molecule has 10 heteroatoms. The zero-order chi connectivity index (χ0) is 20.7. The number of rotatable bonds is 8. The van der Waals surface area contributed by atoms with E-state index in [0.29, 0.717) is 6.61 Å². The number of nitrogens with one attached hydrogen (secondary N) is 1. The van der Waals surface area contributed by atoms with Crippen LogP contribution in [0.3, 0.4) is 0 Å². The number of halogens is 2. The smallest absolute Gasteiger partial charge is 0.260 e. The molecule has 2 aromatic rings. The van der Waals surface area contributed by atoms with Gasteiger partial charge in [0.25, 0.3) is 5.91 Å². The molecule has 0 aromatic heterocycles. The molecule has 2 rings (SSSR count). The van der Waals surface area contributed by atoms with Crippen LogP contribution >= 0.6 is 23.2 Å². The van der Waals surface area contributed by atoms with Crippen LogP contribution in [0.4, 0.5) is 5.69 Å². The Morgan fingerprint density at radius 2 is 1.86 bits per heavy atom. The molecule has 7 nitrogen and oxygen atoms in total. The van der Waals surface area contributed by atoms with Crippen LogP contribution in [0.25, 0.3) is 0 Å². The van der Waals surface area contributed by atoms with Gasteiger partial charge in [-0.3, -0.25) is 9.10 Å². The molecule has 0 aliphatic heterocycles. The number of carbonyl (C=O) groups is 1. The Morgan fingerprint density at radius 3 is 2.43 bits per heavy atom. The van der Waals surface area contributed by atoms with Gasteiger partial charge in [-0.1, -0.05) is 23.2 Å². The third kappa shape index (κ3) is 6.40. The number of hydrazone groups is 1. The van der Waals surface area contributed by atoms with Gasteiger partial charge in [-0.2, -0.15) is 5.10 Å². The summed E-state index contributed by atoms with van der Waals surface area (Å²) in [5.74, 6) is 0.118. The van der Waals surface area contributed by atoms with Gasteiger partial charge in [-0.05, 0) is 55.0 Å². The monoisotopic (exact) mass is 443 g/mol. The molecule has 0 bridgehead atoms. The molecule has 28 heavy (non-hydrogen) atoms. The predicted molar refractivity (Wildman–Crippen MR) is 112 cm³/mol. The highest BCUT2D eigenvalue weighted by molar-refractivity contribution is 7.92. The van der Waals surface area contributed by atoms with Gasteiger partial charge in [0.15, 0.2) is 0 Å². The second-order valence-electron chi connectivity index (χ2n) is 5.66. The maximum absolute atomic E-state index is 12.1. The minimum absolute atomic E-state index is 0.182. The molecule has 0 heterocycles. The van der Waals surface area contributed by atoms with Crippen LogP contribution in [0, 0.1) is 0 Å². The third-order valence-electron chi connectivity index (χ3n) is 3.47. The maximum atomic E-state index is 12.1. The Morgan fingerprint density at radius 1 is 1.18 bits per heavy atom. The van der Waals surface area contributed by atoms with Crippen molar-refractivity contribution in [2.75, 3.05) is 23.7 Å². The lowest BCUT2D eigenvalue weighted by atomic mass is 10.2. The van der Waals surface area contributed by atoms with Crippen molar-refractivity contribution in [2.45, 2.75) is 6.92 Å². The number of hydrogen-bond donors (Lipinski definition) is 1. The molecule has 150 valence electrons. The molecule has 1 amide bonds. The summed E-state index contributed by atoms with van der Waals surface area (Å²) in [5, 5.41) is 4.31. The Kier molecular flexibility index (Phi) is 7.68. The molecule has 0 unspecified atom stereocenters. The molecule has 0 saturated carbocycles. The highest BCUT2D eigenvalue weighted by Crippen LogP contribution is 2.28. The van der Waals surface area contributed by atoms with E-state index in [1.807, 2.05) is 6.92 Å². The minimum atomic E-state index is -3.73. The van der Waals surface area contributed by atoms with Gasteiger partial charge < -0.3 is 4.74 Å². The highest BCUT2D eigenvalue weighted by atomic mass is 35.5. The van der Waals surface area contributed by atoms with Gasteiger partial charge in [0.05, 0.1) is 34.8 Å². The van der Waals surface area contributed by atoms with Crippen molar-refractivity contribution in [1.82, 2.24) is 5.43 Å². The van der Waals surface area contributed by atoms with E-state index in [0.717, 1.165) is 21.9 Å². The van der Waals surface area contributed by atoms with Crippen molar-refractivity contribution in [3.05, 3.63) is 58.1 Å². The Balaban J connectivity index is 2.04. The van der Waals surface area contributed by atoms with Crippen LogP contribution in [-0.4, -0.2) is 39.9 Å². The van der Waals surface area contributed by atoms with E-state index in [1.54, 1.807) is 24.3 Å². The second-order valence-corrected chi connectivity index (χ2v) is 8.38. The van der Waals surface area contributed by atoms with Crippen LogP contribution in [0.5, 0.6) is 5.75 Å². The zero-order valence-electron chi connectivity index (χ0n) is 15.2. The fourth-order valence-electron chi connectivity index (χ4n) is 2.20. The molecular weight excluding hydrogens is 425 g/mol. The van der Waals surface area contributed by atoms with Gasteiger partial charge in [-0.25, -0.2) is 13.8 Å². The molecule has 0 spiro atoms. The molecule has 0 aliphatic rings. The number of benzene rings is 2. The summed E-state index contributed by atoms with van der Waals surface area (Å²) in [6.45, 7) is 2.00. The summed E-state index contributed by atoms with van der Waals surface area (Å²) in [4.78, 5) is 12.1. The average Bonchev–Trinajstić information content (AvgIpc) is 2.63. The van der Waals surface area contributed by atoms with Crippen molar-refractivity contribution >= 4 is 51.0 Å². The van der Waals surface area contributed by atoms with Crippen molar-refractivity contribution in [3.8, 4) is 5.75 Å². The maximum Gasteiger partial charge on any atom is 0.260 e. The summed E-state index contributed by atoms with van der Waals surface area (Å²) in [7, 11) is -3.73. The van der Waals surface area contributed by atoms with Gasteiger partial charge in [0.1, 0.15) is 12.3 Å². The predicted octanol–water partition coefficient (Wildman–Crippen LogP) is 3.31. The van der Waals surface area contributed by atoms with E-state index in [2.05, 4.69) is 10.5 Å². The first-order chi connectivity index (χ1) is 13.2. The first-order valence-corrected chi connectivity index (χ1v) is 10.8. The summed E-state index contributed by atoms with van der Waals surface area (Å²) in [6, 6.07) is 11.4. The van der Waals surface area contributed by atoms with E-state index >= 15 is 0 Å². The van der Waals surface area contributed by atoms with E-state index in [-0.39, 0.29) is 15.7 Å². The number of amides is 1. The van der Waals surface area contributed by atoms with E-state index in [1.165, 1.54) is 24.4 Å². The molecule has 0 aliphatic carbocycles. The molecule has 0 fully saturated rings. The van der Waals surface area contributed by atoms with Crippen LogP contribution in [0.15, 0.2) is 47.6 Å². The number of carbonyl (C=O) groups excluding carboxylic acids is 1. The van der Waals surface area contributed by atoms with E-state index < -0.39 is 22.5 Å². The van der Waals surface area contributed by atoms with Crippen molar-refractivity contribution in [2.24, 2.45) is 5.10 Å². The topological polar surface area (TPSA) is 88.1 Å². The second kappa shape index (κ2) is 9.77. The van der Waals surface area contributed by atoms with Gasteiger partial charge in [-0.15, -0.1) is 0 Å². The number of hydrogen-bond acceptors (Lipinski definition) is 5. The number of ether oxygens (including phenoxy) is 1. The zero-order valence-corrected chi connectivity index (χ0v) is 17.6. The highest BCUT2D eigenvalue weighted by Gasteiger charge is 2.21. The summed E-state index contributed by atoms with van der Waals surface area (Å²) < 4.78 is 30.4. The minimum Gasteiger partial charge on any atom is -0.494 e. The lowest BCUT2D eigenvalue weighted by Gasteiger charge is -2.21.